The van der Waals surface area contributed by atoms with Crippen LogP contribution in [0, 0.1) is 0 Å². The van der Waals surface area contributed by atoms with Crippen LogP contribution >= 0.6 is 34.8 Å². The summed E-state index contributed by atoms with van der Waals surface area (Å²) >= 11 is 18.0. The van der Waals surface area contributed by atoms with E-state index in [2.05, 4.69) is 24.3 Å². The first-order valence-corrected chi connectivity index (χ1v) is 11.6. The SMILES string of the molecule is ClCCOCCOc1ccc(/C(=C(/CCCl)c2ccccc2)c2ccc(Cl)cc2)cc1. The number of allylic oxidation sites excluding steroid dienone is 1. The monoisotopic (exact) mass is 474 g/mol. The van der Waals surface area contributed by atoms with Crippen molar-refractivity contribution in [3.05, 3.63) is 101 Å². The number of hydrogen-bond donors (Lipinski definition) is 0. The molecule has 2 nitrogen and oxygen atoms in total. The van der Waals surface area contributed by atoms with E-state index in [1.54, 1.807) is 0 Å². The van der Waals surface area contributed by atoms with Crippen LogP contribution in [0.2, 0.25) is 5.02 Å². The maximum atomic E-state index is 6.21. The molecule has 0 spiro atoms. The summed E-state index contributed by atoms with van der Waals surface area (Å²) in [5.74, 6) is 1.82. The zero-order chi connectivity index (χ0) is 21.9. The van der Waals surface area contributed by atoms with Gasteiger partial charge in [-0.3, -0.25) is 0 Å². The van der Waals surface area contributed by atoms with E-state index in [1.807, 2.05) is 54.6 Å². The van der Waals surface area contributed by atoms with Crippen molar-refractivity contribution in [1.82, 2.24) is 0 Å². The molecule has 162 valence electrons. The van der Waals surface area contributed by atoms with Crippen molar-refractivity contribution in [2.45, 2.75) is 6.42 Å². The lowest BCUT2D eigenvalue weighted by molar-refractivity contribution is 0.111. The molecule has 0 aliphatic heterocycles. The standard InChI is InChI=1S/C26H25Cl3O2/c27-15-14-25(20-4-2-1-3-5-20)26(21-6-10-23(29)11-7-21)22-8-12-24(13-9-22)31-19-18-30-17-16-28/h1-13H,14-19H2/b26-25-. The number of ether oxygens (including phenoxy) is 2. The van der Waals surface area contributed by atoms with Crippen molar-refractivity contribution >= 4 is 45.9 Å². The number of alkyl halides is 2. The Morgan fingerprint density at radius 3 is 1.90 bits per heavy atom. The molecule has 0 amide bonds. The second-order valence-electron chi connectivity index (χ2n) is 6.84. The van der Waals surface area contributed by atoms with Crippen molar-refractivity contribution in [3.8, 4) is 5.75 Å². The predicted molar refractivity (Wildman–Crippen MR) is 133 cm³/mol. The molecular weight excluding hydrogens is 451 g/mol. The first-order chi connectivity index (χ1) is 15.2. The van der Waals surface area contributed by atoms with Crippen LogP contribution in [0.25, 0.3) is 11.1 Å². The summed E-state index contributed by atoms with van der Waals surface area (Å²) in [6.07, 6.45) is 0.750. The minimum Gasteiger partial charge on any atom is -0.491 e. The molecule has 0 N–H and O–H groups in total. The van der Waals surface area contributed by atoms with Gasteiger partial charge in [0.2, 0.25) is 0 Å². The molecule has 0 fully saturated rings. The van der Waals surface area contributed by atoms with Gasteiger partial charge in [0.15, 0.2) is 0 Å². The van der Waals surface area contributed by atoms with Gasteiger partial charge in [0.25, 0.3) is 0 Å². The van der Waals surface area contributed by atoms with Gasteiger partial charge in [-0.05, 0) is 58.5 Å². The molecular formula is C26H25Cl3O2. The average Bonchev–Trinajstić information content (AvgIpc) is 2.81. The van der Waals surface area contributed by atoms with Crippen LogP contribution in [0.5, 0.6) is 5.75 Å². The van der Waals surface area contributed by atoms with Gasteiger partial charge in [-0.1, -0.05) is 66.2 Å². The summed E-state index contributed by atoms with van der Waals surface area (Å²) in [7, 11) is 0. The van der Waals surface area contributed by atoms with Gasteiger partial charge in [0.1, 0.15) is 12.4 Å². The van der Waals surface area contributed by atoms with Gasteiger partial charge in [-0.2, -0.15) is 0 Å². The molecule has 5 heteroatoms. The molecule has 3 aromatic carbocycles. The first kappa shape index (κ1) is 23.7. The highest BCUT2D eigenvalue weighted by molar-refractivity contribution is 6.30. The second-order valence-corrected chi connectivity index (χ2v) is 8.03. The van der Waals surface area contributed by atoms with E-state index in [0.29, 0.717) is 36.6 Å². The summed E-state index contributed by atoms with van der Waals surface area (Å²) in [5.41, 5.74) is 5.68. The summed E-state index contributed by atoms with van der Waals surface area (Å²) in [4.78, 5) is 0. The highest BCUT2D eigenvalue weighted by Crippen LogP contribution is 2.35. The van der Waals surface area contributed by atoms with Crippen LogP contribution in [0.4, 0.5) is 0 Å². The van der Waals surface area contributed by atoms with E-state index in [0.717, 1.165) is 34.4 Å². The van der Waals surface area contributed by atoms with Crippen molar-refractivity contribution in [1.29, 1.82) is 0 Å². The Balaban J connectivity index is 1.96. The fourth-order valence-corrected chi connectivity index (χ4v) is 3.80. The fourth-order valence-electron chi connectivity index (χ4n) is 3.37. The van der Waals surface area contributed by atoms with Crippen molar-refractivity contribution in [3.63, 3.8) is 0 Å². The summed E-state index contributed by atoms with van der Waals surface area (Å²) in [5, 5.41) is 0.710. The van der Waals surface area contributed by atoms with Gasteiger partial charge < -0.3 is 9.47 Å². The molecule has 0 radical (unpaired) electrons. The minimum absolute atomic E-state index is 0.484. The Hall–Kier alpha value is -1.97. The van der Waals surface area contributed by atoms with Crippen molar-refractivity contribution in [2.24, 2.45) is 0 Å². The van der Waals surface area contributed by atoms with Crippen LogP contribution in [-0.4, -0.2) is 31.6 Å². The topological polar surface area (TPSA) is 18.5 Å². The molecule has 31 heavy (non-hydrogen) atoms. The van der Waals surface area contributed by atoms with E-state index < -0.39 is 0 Å². The number of rotatable bonds is 11. The van der Waals surface area contributed by atoms with Crippen LogP contribution in [0.15, 0.2) is 78.9 Å². The molecule has 0 aliphatic carbocycles. The second kappa shape index (κ2) is 12.8. The van der Waals surface area contributed by atoms with Crippen LogP contribution in [-0.2, 0) is 4.74 Å². The largest absolute Gasteiger partial charge is 0.491 e. The molecule has 0 bridgehead atoms. The summed E-state index contributed by atoms with van der Waals surface area (Å²) in [6, 6.07) is 26.4. The molecule has 0 unspecified atom stereocenters. The smallest absolute Gasteiger partial charge is 0.119 e. The third-order valence-corrected chi connectivity index (χ3v) is 5.36. The third-order valence-electron chi connectivity index (χ3n) is 4.76. The maximum Gasteiger partial charge on any atom is 0.119 e. The highest BCUT2D eigenvalue weighted by atomic mass is 35.5. The van der Waals surface area contributed by atoms with Gasteiger partial charge >= 0.3 is 0 Å². The number of benzene rings is 3. The van der Waals surface area contributed by atoms with Gasteiger partial charge in [-0.15, -0.1) is 23.2 Å². The lowest BCUT2D eigenvalue weighted by Gasteiger charge is -2.17. The highest BCUT2D eigenvalue weighted by Gasteiger charge is 2.14. The molecule has 0 atom stereocenters. The Labute approximate surface area is 199 Å². The van der Waals surface area contributed by atoms with E-state index in [-0.39, 0.29) is 0 Å². The molecule has 0 aromatic heterocycles. The van der Waals surface area contributed by atoms with Crippen LogP contribution in [0.3, 0.4) is 0 Å². The van der Waals surface area contributed by atoms with Crippen LogP contribution in [0.1, 0.15) is 23.1 Å². The minimum atomic E-state index is 0.484. The zero-order valence-corrected chi connectivity index (χ0v) is 19.5. The Bertz CT molecular complexity index is 952. The fraction of sp³-hybridized carbons (Fsp3) is 0.231. The zero-order valence-electron chi connectivity index (χ0n) is 17.2. The predicted octanol–water partition coefficient (Wildman–Crippen LogP) is 7.56. The Morgan fingerprint density at radius 2 is 1.29 bits per heavy atom. The lowest BCUT2D eigenvalue weighted by Crippen LogP contribution is -2.08. The maximum absolute atomic E-state index is 6.21. The summed E-state index contributed by atoms with van der Waals surface area (Å²) < 4.78 is 11.1. The lowest BCUT2D eigenvalue weighted by atomic mass is 9.88. The van der Waals surface area contributed by atoms with E-state index >= 15 is 0 Å². The molecule has 0 saturated heterocycles. The van der Waals surface area contributed by atoms with Crippen molar-refractivity contribution < 1.29 is 9.47 Å². The quantitative estimate of drug-likeness (QED) is 0.162. The van der Waals surface area contributed by atoms with Gasteiger partial charge in [-0.25, -0.2) is 0 Å². The first-order valence-electron chi connectivity index (χ1n) is 10.2. The van der Waals surface area contributed by atoms with E-state index in [9.17, 15) is 0 Å². The van der Waals surface area contributed by atoms with Crippen LogP contribution < -0.4 is 4.74 Å². The van der Waals surface area contributed by atoms with Crippen molar-refractivity contribution in [2.75, 3.05) is 31.6 Å². The third kappa shape index (κ3) is 7.02. The Morgan fingerprint density at radius 1 is 0.645 bits per heavy atom. The van der Waals surface area contributed by atoms with E-state index in [1.165, 1.54) is 5.57 Å². The number of hydrogen-bond acceptors (Lipinski definition) is 2. The molecule has 0 saturated carbocycles. The molecule has 3 rings (SSSR count). The normalized spacial score (nSPS) is 11.8. The summed E-state index contributed by atoms with van der Waals surface area (Å²) in [6.45, 7) is 1.53. The molecule has 0 aliphatic rings. The average molecular weight is 476 g/mol. The number of halogens is 3. The van der Waals surface area contributed by atoms with Gasteiger partial charge in [0.05, 0.1) is 13.2 Å². The Kier molecular flexibility index (Phi) is 9.77. The molecule has 0 heterocycles. The van der Waals surface area contributed by atoms with Gasteiger partial charge in [0, 0.05) is 16.8 Å². The van der Waals surface area contributed by atoms with E-state index in [4.69, 9.17) is 44.3 Å². The molecule has 3 aromatic rings.